The lowest BCUT2D eigenvalue weighted by atomic mass is 9.74. The minimum atomic E-state index is -9.84. The Hall–Kier alpha value is -0.803. The number of aliphatic hydroxyl groups is 1. The lowest BCUT2D eigenvalue weighted by molar-refractivity contribution is 0.0827. The van der Waals surface area contributed by atoms with Crippen molar-refractivity contribution < 1.29 is 33.7 Å². The van der Waals surface area contributed by atoms with Crippen LogP contribution >= 0.6 is 32.8 Å². The standard InChI is InChI=1S/C29H41F5INO3SSi/c1-28(2,3)41(6,7)39-22-17-29(4,5)16-21-23(22)25(35)24(26(36-21)18-12-14-38-15-13-18)27(37)19-8-10-20(11-9-19)40(30,31,32,33)34/h8-11,18,22,27,37H,12-17H2,1-7H3/t22-,27+/m0/s1. The van der Waals surface area contributed by atoms with Crippen LogP contribution in [-0.4, -0.2) is 31.6 Å². The van der Waals surface area contributed by atoms with Crippen LogP contribution in [0.3, 0.4) is 0 Å². The maximum atomic E-state index is 13.4. The number of hydrogen-bond acceptors (Lipinski definition) is 4. The minimum Gasteiger partial charge on any atom is -0.410 e. The monoisotopic (exact) mass is 733 g/mol. The molecule has 1 aliphatic carbocycles. The van der Waals surface area contributed by atoms with Crippen molar-refractivity contribution >= 4 is 41.1 Å². The van der Waals surface area contributed by atoms with Gasteiger partial charge in [0.2, 0.25) is 0 Å². The van der Waals surface area contributed by atoms with Crippen molar-refractivity contribution in [1.29, 1.82) is 0 Å². The quantitative estimate of drug-likeness (QED) is 0.183. The second-order valence-corrected chi connectivity index (χ2v) is 22.1. The summed E-state index contributed by atoms with van der Waals surface area (Å²) < 4.78 is 80.3. The van der Waals surface area contributed by atoms with E-state index in [2.05, 4.69) is 70.3 Å². The van der Waals surface area contributed by atoms with Gasteiger partial charge in [0.1, 0.15) is 11.0 Å². The largest absolute Gasteiger partial charge is 0.410 e. The van der Waals surface area contributed by atoms with E-state index in [1.807, 2.05) is 0 Å². The van der Waals surface area contributed by atoms with E-state index in [1.54, 1.807) is 0 Å². The lowest BCUT2D eigenvalue weighted by Crippen LogP contribution is -2.44. The van der Waals surface area contributed by atoms with Crippen molar-refractivity contribution in [3.05, 3.63) is 55.9 Å². The minimum absolute atomic E-state index is 0.0130. The van der Waals surface area contributed by atoms with Gasteiger partial charge in [-0.05, 0) is 89.5 Å². The number of fused-ring (bicyclic) bond motifs is 1. The van der Waals surface area contributed by atoms with E-state index in [9.17, 15) is 24.5 Å². The van der Waals surface area contributed by atoms with Crippen molar-refractivity contribution in [2.75, 3.05) is 13.2 Å². The van der Waals surface area contributed by atoms with E-state index in [-0.39, 0.29) is 28.0 Å². The molecule has 1 aromatic carbocycles. The molecule has 2 aliphatic rings. The average molecular weight is 734 g/mol. The van der Waals surface area contributed by atoms with Crippen molar-refractivity contribution in [1.82, 2.24) is 4.98 Å². The molecule has 232 valence electrons. The maximum absolute atomic E-state index is 13.4. The van der Waals surface area contributed by atoms with E-state index < -0.39 is 29.5 Å². The van der Waals surface area contributed by atoms with Gasteiger partial charge in [0, 0.05) is 39.5 Å². The number of ether oxygens (including phenoxy) is 1. The third-order valence-electron chi connectivity index (χ3n) is 8.79. The summed E-state index contributed by atoms with van der Waals surface area (Å²) >= 11 is 2.22. The number of rotatable bonds is 6. The molecule has 1 N–H and O–H groups in total. The molecule has 0 saturated carbocycles. The zero-order chi connectivity index (χ0) is 30.9. The molecular weight excluding hydrogens is 692 g/mol. The SMILES string of the molecule is CC1(C)Cc2nc(C3CCOCC3)c([C@H](O)c3ccc(S(F)(F)(F)(F)F)cc3)c(I)c2[C@@H](O[Si](C)(C)C(C)(C)C)C1. The molecule has 1 fully saturated rings. The van der Waals surface area contributed by atoms with Crippen LogP contribution in [0.1, 0.15) is 100 Å². The Morgan fingerprint density at radius 1 is 1.07 bits per heavy atom. The van der Waals surface area contributed by atoms with Gasteiger partial charge in [0.15, 0.2) is 8.32 Å². The van der Waals surface area contributed by atoms with Crippen LogP contribution in [0.15, 0.2) is 29.2 Å². The fraction of sp³-hybridized carbons (Fsp3) is 0.621. The molecule has 0 spiro atoms. The van der Waals surface area contributed by atoms with Gasteiger partial charge in [-0.15, -0.1) is 0 Å². The predicted molar refractivity (Wildman–Crippen MR) is 165 cm³/mol. The molecule has 4 nitrogen and oxygen atoms in total. The molecule has 1 aromatic heterocycles. The lowest BCUT2D eigenvalue weighted by Gasteiger charge is -2.45. The number of aliphatic hydroxyl groups excluding tert-OH is 1. The van der Waals surface area contributed by atoms with Gasteiger partial charge in [-0.1, -0.05) is 66.2 Å². The molecular formula is C29H41F5INO3SSi. The van der Waals surface area contributed by atoms with Crippen LogP contribution in [0.25, 0.3) is 0 Å². The van der Waals surface area contributed by atoms with Gasteiger partial charge in [0.05, 0.1) is 11.8 Å². The van der Waals surface area contributed by atoms with Crippen LogP contribution in [-0.2, 0) is 15.6 Å². The summed E-state index contributed by atoms with van der Waals surface area (Å²) in [6, 6.07) is 2.60. The van der Waals surface area contributed by atoms with Gasteiger partial charge in [0.25, 0.3) is 0 Å². The first-order valence-electron chi connectivity index (χ1n) is 13.9. The van der Waals surface area contributed by atoms with E-state index in [0.29, 0.717) is 49.4 Å². The molecule has 0 amide bonds. The second kappa shape index (κ2) is 10.1. The van der Waals surface area contributed by atoms with Crippen LogP contribution in [0.5, 0.6) is 0 Å². The van der Waals surface area contributed by atoms with Gasteiger partial charge < -0.3 is 14.3 Å². The Morgan fingerprint density at radius 2 is 1.63 bits per heavy atom. The fourth-order valence-corrected chi connectivity index (χ4v) is 8.64. The van der Waals surface area contributed by atoms with E-state index in [1.165, 1.54) is 0 Å². The highest BCUT2D eigenvalue weighted by atomic mass is 127. The van der Waals surface area contributed by atoms with Gasteiger partial charge in [-0.3, -0.25) is 4.98 Å². The van der Waals surface area contributed by atoms with Crippen LogP contribution in [0.4, 0.5) is 19.4 Å². The number of nitrogens with zero attached hydrogens (tertiary/aromatic N) is 1. The second-order valence-electron chi connectivity index (χ2n) is 13.8. The third kappa shape index (κ3) is 7.13. The summed E-state index contributed by atoms with van der Waals surface area (Å²) in [5.74, 6) is -0.0130. The zero-order valence-electron chi connectivity index (χ0n) is 24.7. The Bertz CT molecular complexity index is 1310. The number of benzene rings is 1. The molecule has 4 rings (SSSR count). The average Bonchev–Trinajstić information content (AvgIpc) is 2.80. The molecule has 1 saturated heterocycles. The van der Waals surface area contributed by atoms with Crippen LogP contribution in [0, 0.1) is 8.99 Å². The van der Waals surface area contributed by atoms with E-state index in [0.717, 1.165) is 39.8 Å². The van der Waals surface area contributed by atoms with Crippen LogP contribution in [0.2, 0.25) is 18.1 Å². The molecule has 12 heteroatoms. The topological polar surface area (TPSA) is 51.6 Å². The zero-order valence-corrected chi connectivity index (χ0v) is 28.6. The molecule has 2 heterocycles. The summed E-state index contributed by atoms with van der Waals surface area (Å²) in [4.78, 5) is 3.20. The number of aromatic nitrogens is 1. The number of pyridine rings is 1. The summed E-state index contributed by atoms with van der Waals surface area (Å²) in [5.41, 5.74) is 3.07. The van der Waals surface area contributed by atoms with Gasteiger partial charge in [-0.25, -0.2) is 0 Å². The van der Waals surface area contributed by atoms with Gasteiger partial charge >= 0.3 is 10.2 Å². The van der Waals surface area contributed by atoms with Crippen molar-refractivity contribution in [3.63, 3.8) is 0 Å². The fourth-order valence-electron chi connectivity index (χ4n) is 5.49. The number of hydrogen-bond donors (Lipinski definition) is 1. The molecule has 41 heavy (non-hydrogen) atoms. The molecule has 1 aliphatic heterocycles. The first-order valence-corrected chi connectivity index (χ1v) is 19.8. The van der Waals surface area contributed by atoms with E-state index >= 15 is 0 Å². The highest BCUT2D eigenvalue weighted by molar-refractivity contribution is 14.1. The normalized spacial score (nSPS) is 22.9. The third-order valence-corrected chi connectivity index (χ3v) is 15.6. The Morgan fingerprint density at radius 3 is 2.15 bits per heavy atom. The predicted octanol–water partition coefficient (Wildman–Crippen LogP) is 10.4. The first-order chi connectivity index (χ1) is 18.4. The van der Waals surface area contributed by atoms with Crippen molar-refractivity contribution in [2.45, 2.75) is 101 Å². The first kappa shape index (κ1) is 33.1. The highest BCUT2D eigenvalue weighted by Crippen LogP contribution is 3.02. The molecule has 2 atom stereocenters. The Balaban J connectivity index is 1.89. The summed E-state index contributed by atoms with van der Waals surface area (Å²) in [6.45, 7) is 16.4. The summed E-state index contributed by atoms with van der Waals surface area (Å²) in [7, 11) is -12.1. The van der Waals surface area contributed by atoms with Gasteiger partial charge in [-0.2, -0.15) is 0 Å². The molecule has 2 aromatic rings. The highest BCUT2D eigenvalue weighted by Gasteiger charge is 2.65. The molecule has 0 bridgehead atoms. The summed E-state index contributed by atoms with van der Waals surface area (Å²) in [5, 5.41) is 11.7. The number of halogens is 6. The van der Waals surface area contributed by atoms with Crippen molar-refractivity contribution in [2.24, 2.45) is 5.41 Å². The van der Waals surface area contributed by atoms with Crippen molar-refractivity contribution in [3.8, 4) is 0 Å². The van der Waals surface area contributed by atoms with E-state index in [4.69, 9.17) is 14.1 Å². The molecule has 0 unspecified atom stereocenters. The molecule has 0 radical (unpaired) electrons. The Kier molecular flexibility index (Phi) is 8.16. The smallest absolute Gasteiger partial charge is 0.310 e. The Labute approximate surface area is 254 Å². The maximum Gasteiger partial charge on any atom is 0.310 e. The summed E-state index contributed by atoms with van der Waals surface area (Å²) in [6.07, 6.45) is 1.25. The van der Waals surface area contributed by atoms with Crippen LogP contribution < -0.4 is 0 Å².